The van der Waals surface area contributed by atoms with Crippen molar-refractivity contribution in [3.63, 3.8) is 0 Å². The Hall–Kier alpha value is -2.24. The zero-order chi connectivity index (χ0) is 21.1. The van der Waals surface area contributed by atoms with E-state index in [-0.39, 0.29) is 11.5 Å². The third kappa shape index (κ3) is 5.03. The van der Waals surface area contributed by atoms with Gasteiger partial charge < -0.3 is 20.4 Å². The van der Waals surface area contributed by atoms with E-state index >= 15 is 0 Å². The number of carboxylic acid groups (broad SMARTS) is 2. The van der Waals surface area contributed by atoms with Gasteiger partial charge in [-0.15, -0.1) is 0 Å². The van der Waals surface area contributed by atoms with Gasteiger partial charge in [0.15, 0.2) is 11.5 Å². The summed E-state index contributed by atoms with van der Waals surface area (Å²) in [5.41, 5.74) is 0.445. The van der Waals surface area contributed by atoms with Crippen molar-refractivity contribution >= 4 is 11.9 Å². The molecule has 6 heteroatoms. The molecule has 0 aromatic heterocycles. The molecular formula is C23H32O6. The second kappa shape index (κ2) is 8.64. The van der Waals surface area contributed by atoms with E-state index in [0.717, 1.165) is 64.2 Å². The summed E-state index contributed by atoms with van der Waals surface area (Å²) < 4.78 is 0. The van der Waals surface area contributed by atoms with Gasteiger partial charge in [-0.05, 0) is 75.3 Å². The molecule has 0 heterocycles. The molecule has 0 unspecified atom stereocenters. The molecule has 0 amide bonds. The zero-order valence-corrected chi connectivity index (χ0v) is 17.0. The molecule has 0 aliphatic heterocycles. The Balaban J connectivity index is 1.39. The van der Waals surface area contributed by atoms with Gasteiger partial charge in [-0.25, -0.2) is 0 Å². The van der Waals surface area contributed by atoms with E-state index in [9.17, 15) is 30.0 Å². The lowest BCUT2D eigenvalue weighted by Crippen LogP contribution is -2.14. The van der Waals surface area contributed by atoms with Gasteiger partial charge in [-0.1, -0.05) is 31.4 Å². The first-order valence-corrected chi connectivity index (χ1v) is 10.8. The normalized spacial score (nSPS) is 18.3. The van der Waals surface area contributed by atoms with Gasteiger partial charge in [0.05, 0.1) is 10.8 Å². The predicted molar refractivity (Wildman–Crippen MR) is 108 cm³/mol. The smallest absolute Gasteiger partial charge is 0.309 e. The molecule has 2 fully saturated rings. The standard InChI is InChI=1S/C23H32O6/c24-18-16(6-2-1-4-10-22(12-13-22)20(26)27)8-9-17(19(18)25)7-3-5-11-23(14-15-23)21(28)29/h8-9,24-25H,1-7,10-15H2,(H,26,27)(H,28,29). The van der Waals surface area contributed by atoms with Crippen LogP contribution in [-0.2, 0) is 22.4 Å². The minimum absolute atomic E-state index is 0.0594. The van der Waals surface area contributed by atoms with Crippen LogP contribution in [0.25, 0.3) is 0 Å². The van der Waals surface area contributed by atoms with Gasteiger partial charge >= 0.3 is 11.9 Å². The van der Waals surface area contributed by atoms with E-state index in [4.69, 9.17) is 0 Å². The number of aromatic hydroxyl groups is 2. The fraction of sp³-hybridized carbons (Fsp3) is 0.652. The van der Waals surface area contributed by atoms with E-state index in [1.165, 1.54) is 0 Å². The molecule has 2 aliphatic rings. The number of phenolic OH excluding ortho intramolecular Hbond substituents is 2. The summed E-state index contributed by atoms with van der Waals surface area (Å²) >= 11 is 0. The predicted octanol–water partition coefficient (Wildman–Crippen LogP) is 4.64. The first-order valence-electron chi connectivity index (χ1n) is 10.8. The van der Waals surface area contributed by atoms with Crippen molar-refractivity contribution in [2.24, 2.45) is 10.8 Å². The molecule has 0 spiro atoms. The van der Waals surface area contributed by atoms with Gasteiger partial charge in [-0.2, -0.15) is 0 Å². The van der Waals surface area contributed by atoms with Crippen LogP contribution in [0.15, 0.2) is 12.1 Å². The van der Waals surface area contributed by atoms with Crippen molar-refractivity contribution in [1.29, 1.82) is 0 Å². The van der Waals surface area contributed by atoms with Crippen LogP contribution >= 0.6 is 0 Å². The summed E-state index contributed by atoms with van der Waals surface area (Å²) in [5, 5.41) is 39.0. The van der Waals surface area contributed by atoms with Crippen molar-refractivity contribution in [2.75, 3.05) is 0 Å². The van der Waals surface area contributed by atoms with E-state index < -0.39 is 22.8 Å². The molecule has 29 heavy (non-hydrogen) atoms. The molecule has 1 aromatic rings. The summed E-state index contributed by atoms with van der Waals surface area (Å²) in [6.45, 7) is 0. The molecule has 0 bridgehead atoms. The first kappa shape index (κ1) is 21.5. The maximum Gasteiger partial charge on any atom is 0.309 e. The summed E-state index contributed by atoms with van der Waals surface area (Å²) in [4.78, 5) is 22.4. The molecule has 3 rings (SSSR count). The number of carboxylic acids is 2. The van der Waals surface area contributed by atoms with E-state index in [1.54, 1.807) is 0 Å². The van der Waals surface area contributed by atoms with Crippen LogP contribution in [0.3, 0.4) is 0 Å². The number of aliphatic carboxylic acids is 2. The minimum atomic E-state index is -0.697. The van der Waals surface area contributed by atoms with Crippen LogP contribution in [0, 0.1) is 10.8 Å². The van der Waals surface area contributed by atoms with E-state index in [1.807, 2.05) is 12.1 Å². The highest BCUT2D eigenvalue weighted by molar-refractivity contribution is 5.78. The first-order chi connectivity index (χ1) is 13.8. The number of hydrogen-bond donors (Lipinski definition) is 4. The Labute approximate surface area is 171 Å². The number of rotatable bonds is 13. The van der Waals surface area contributed by atoms with Crippen molar-refractivity contribution < 1.29 is 30.0 Å². The molecule has 0 radical (unpaired) electrons. The third-order valence-corrected chi connectivity index (χ3v) is 6.89. The number of unbranched alkanes of at least 4 members (excludes halogenated alkanes) is 3. The maximum atomic E-state index is 11.2. The van der Waals surface area contributed by atoms with Gasteiger partial charge in [0.2, 0.25) is 0 Å². The summed E-state index contributed by atoms with van der Waals surface area (Å²) in [6, 6.07) is 3.70. The minimum Gasteiger partial charge on any atom is -0.504 e. The van der Waals surface area contributed by atoms with E-state index in [2.05, 4.69) is 0 Å². The molecular weight excluding hydrogens is 372 g/mol. The molecule has 0 saturated heterocycles. The van der Waals surface area contributed by atoms with E-state index in [0.29, 0.717) is 30.4 Å². The molecule has 160 valence electrons. The number of phenols is 2. The van der Waals surface area contributed by atoms with Gasteiger partial charge in [0.1, 0.15) is 0 Å². The van der Waals surface area contributed by atoms with Crippen molar-refractivity contribution in [2.45, 2.75) is 83.5 Å². The van der Waals surface area contributed by atoms with Gasteiger partial charge in [0.25, 0.3) is 0 Å². The third-order valence-electron chi connectivity index (χ3n) is 6.89. The molecule has 4 N–H and O–H groups in total. The number of aryl methyl sites for hydroxylation is 2. The Morgan fingerprint density at radius 2 is 1.07 bits per heavy atom. The highest BCUT2D eigenvalue weighted by Gasteiger charge is 2.49. The largest absolute Gasteiger partial charge is 0.504 e. The fourth-order valence-corrected chi connectivity index (χ4v) is 4.24. The second-order valence-electron chi connectivity index (χ2n) is 9.02. The monoisotopic (exact) mass is 404 g/mol. The summed E-state index contributed by atoms with van der Waals surface area (Å²) in [6.07, 6.45) is 9.98. The van der Waals surface area contributed by atoms with Crippen molar-refractivity contribution in [3.05, 3.63) is 23.3 Å². The van der Waals surface area contributed by atoms with Gasteiger partial charge in [0, 0.05) is 0 Å². The van der Waals surface area contributed by atoms with Crippen LogP contribution in [0.4, 0.5) is 0 Å². The second-order valence-corrected chi connectivity index (χ2v) is 9.02. The Bertz CT molecular complexity index is 761. The van der Waals surface area contributed by atoms with Crippen LogP contribution < -0.4 is 0 Å². The maximum absolute atomic E-state index is 11.2. The zero-order valence-electron chi connectivity index (χ0n) is 17.0. The highest BCUT2D eigenvalue weighted by atomic mass is 16.4. The lowest BCUT2D eigenvalue weighted by atomic mass is 9.95. The number of hydrogen-bond acceptors (Lipinski definition) is 4. The molecule has 2 saturated carbocycles. The average Bonchev–Trinajstić information content (AvgIpc) is 3.58. The molecule has 2 aliphatic carbocycles. The van der Waals surface area contributed by atoms with Crippen LogP contribution in [0.2, 0.25) is 0 Å². The van der Waals surface area contributed by atoms with Crippen LogP contribution in [-0.4, -0.2) is 32.4 Å². The quantitative estimate of drug-likeness (QED) is 0.281. The number of carbonyl (C=O) groups is 2. The average molecular weight is 405 g/mol. The fourth-order valence-electron chi connectivity index (χ4n) is 4.24. The summed E-state index contributed by atoms with van der Waals surface area (Å²) in [7, 11) is 0. The van der Waals surface area contributed by atoms with Crippen molar-refractivity contribution in [3.8, 4) is 11.5 Å². The van der Waals surface area contributed by atoms with Crippen LogP contribution in [0.1, 0.15) is 81.8 Å². The van der Waals surface area contributed by atoms with Crippen molar-refractivity contribution in [1.82, 2.24) is 0 Å². The molecule has 0 atom stereocenters. The lowest BCUT2D eigenvalue weighted by molar-refractivity contribution is -0.144. The lowest BCUT2D eigenvalue weighted by Gasteiger charge is -2.12. The molecule has 1 aromatic carbocycles. The number of benzene rings is 1. The topological polar surface area (TPSA) is 115 Å². The molecule has 6 nitrogen and oxygen atoms in total. The van der Waals surface area contributed by atoms with Crippen LogP contribution in [0.5, 0.6) is 11.5 Å². The SMILES string of the molecule is O=C(O)C1(CCCCCc2ccc(CCCCC3(C(=O)O)CC3)c(O)c2O)CC1. The Kier molecular flexibility index (Phi) is 6.39. The summed E-state index contributed by atoms with van der Waals surface area (Å²) in [5.74, 6) is -1.50. The highest BCUT2D eigenvalue weighted by Crippen LogP contribution is 2.51. The van der Waals surface area contributed by atoms with Gasteiger partial charge in [-0.3, -0.25) is 9.59 Å². The Morgan fingerprint density at radius 1 is 0.690 bits per heavy atom. The Morgan fingerprint density at radius 3 is 1.45 bits per heavy atom.